The van der Waals surface area contributed by atoms with Crippen molar-refractivity contribution in [2.24, 2.45) is 30.0 Å². The van der Waals surface area contributed by atoms with Gasteiger partial charge in [0, 0.05) is 0 Å². The number of nitrogens with zero attached hydrogens (tertiary/aromatic N) is 6. The van der Waals surface area contributed by atoms with Gasteiger partial charge >= 0.3 is 473 Å². The molecule has 0 aliphatic heterocycles. The molecule has 82 heavy (non-hydrogen) atoms. The topological polar surface area (TPSA) is 438 Å². The van der Waals surface area contributed by atoms with Gasteiger partial charge in [0.1, 0.15) is 40.5 Å². The van der Waals surface area contributed by atoms with Crippen molar-refractivity contribution in [1.82, 2.24) is 29.9 Å². The number of hydrogen-bond acceptors (Lipinski definition) is 20. The minimum absolute atomic E-state index is 0. The first kappa shape index (κ1) is 115. The minimum atomic E-state index is -5.26. The summed E-state index contributed by atoms with van der Waals surface area (Å²) in [5.41, 5.74) is -1.32. The van der Waals surface area contributed by atoms with Crippen molar-refractivity contribution >= 4 is 75.4 Å². The summed E-state index contributed by atoms with van der Waals surface area (Å²) in [6.45, 7) is -0.927. The van der Waals surface area contributed by atoms with Gasteiger partial charge in [-0.1, -0.05) is 36.4 Å². The molecule has 26 nitrogen and oxygen atoms in total. The van der Waals surface area contributed by atoms with Crippen LogP contribution in [0.3, 0.4) is 0 Å². The third-order valence-electron chi connectivity index (χ3n) is 8.31. The number of rotatable bonds is 14. The fourth-order valence-corrected chi connectivity index (χ4v) is 7.97. The number of aliphatic hydroxyl groups is 2. The molecule has 0 radical (unpaired) electrons. The van der Waals surface area contributed by atoms with Crippen molar-refractivity contribution in [1.29, 1.82) is 0 Å². The van der Waals surface area contributed by atoms with Crippen LogP contribution in [0.1, 0.15) is 11.1 Å². The Hall–Kier alpha value is 9.00. The Kier molecular flexibility index (Phi) is 78.4. The third-order valence-corrected chi connectivity index (χ3v) is 11.8. The van der Waals surface area contributed by atoms with Crippen LogP contribution in [0.15, 0.2) is 134 Å². The summed E-state index contributed by atoms with van der Waals surface area (Å²) in [7, 11) is -20.2. The maximum atomic E-state index is 12.5. The smallest absolute Gasteiger partial charge is 0.744 e. The van der Waals surface area contributed by atoms with E-state index >= 15 is 0 Å². The number of nitrogens with one attached hydrogen (secondary N) is 6. The van der Waals surface area contributed by atoms with E-state index in [4.69, 9.17) is 0 Å². The van der Waals surface area contributed by atoms with Crippen LogP contribution >= 0.6 is 0 Å². The summed E-state index contributed by atoms with van der Waals surface area (Å²) in [6, 6.07) is 16.1. The molecule has 0 spiro atoms. The van der Waals surface area contributed by atoms with Gasteiger partial charge in [0.15, 0.2) is 0 Å². The molecule has 0 atom stereocenters. The van der Waals surface area contributed by atoms with Gasteiger partial charge in [-0.3, -0.25) is 39.9 Å². The quantitative estimate of drug-likeness (QED) is 0.0285. The first-order chi connectivity index (χ1) is 31.1. The zero-order valence-corrected chi connectivity index (χ0v) is 84.4. The number of aromatic amines is 6. The molecule has 0 fully saturated rings. The summed E-state index contributed by atoms with van der Waals surface area (Å²) in [4.78, 5) is 38.8. The average Bonchev–Trinajstić information content (AvgIpc) is 3.23. The van der Waals surface area contributed by atoms with E-state index in [0.717, 1.165) is 60.7 Å². The second kappa shape index (κ2) is 55.8. The third kappa shape index (κ3) is 39.6. The van der Waals surface area contributed by atoms with E-state index in [0.29, 0.717) is 0 Å². The molecule has 0 saturated carbocycles. The van der Waals surface area contributed by atoms with Crippen LogP contribution in [0.2, 0.25) is 0 Å². The molecule has 2 heterocycles. The van der Waals surface area contributed by atoms with Crippen LogP contribution < -0.4 is 507 Å². The Morgan fingerprint density at radius 3 is 0.854 bits per heavy atom. The van der Waals surface area contributed by atoms with Gasteiger partial charge in [0.05, 0.1) is 68.6 Å². The standard InChI is InChI=1S/C36H36N12O14S4.16Na/c49-15-13-37-31-43-33(39-23-3-1-5-27(17-23)63(51,52)53)47-35(45-31)41-25-11-9-21(29(19-25)65(57,58)59)7-8-22-10-12-26(20-30(22)66(60,61)62)42-36-46-32(38-14-16-50)44-34(48-36)40-24-4-2-6-28(18-24)64(54,55)56;;;;;;;;;;;;;;;;/h1-12,17-20,49-50H,13-16H2,(H,51,52,53)(H,54,55,56)(H,57,58,59)(H,60,61,62)(H3,37,39,41,43,45,47)(H3,38,40,42,44,46,48);;;;;;;;;;;;;;;;/q;16*+1/p-4. The second-order valence-electron chi connectivity index (χ2n) is 13.1. The summed E-state index contributed by atoms with van der Waals surface area (Å²) in [5, 5.41) is 18.6. The summed E-state index contributed by atoms with van der Waals surface area (Å²) in [6.07, 6.45) is 2.13. The molecule has 6 aromatic rings. The predicted octanol–water partition coefficient (Wildman–Crippen LogP) is -49.8. The minimum Gasteiger partial charge on any atom is -0.744 e. The average molecular weight is 1350 g/mol. The van der Waals surface area contributed by atoms with Crippen molar-refractivity contribution in [2.45, 2.75) is 19.6 Å². The Bertz CT molecular complexity index is 3590. The van der Waals surface area contributed by atoms with Crippen LogP contribution in [-0.4, -0.2) is 118 Å². The molecule has 348 valence electrons. The normalized spacial score (nSPS) is 11.7. The molecule has 8 N–H and O–H groups in total. The Labute approximate surface area is 826 Å². The van der Waals surface area contributed by atoms with Crippen LogP contribution in [0.4, 0.5) is 22.7 Å². The SMILES string of the molecule is O=S(=O)([O-])c1cccc(N=c2[nH]c(=NCCO)[nH]c(=Nc3ccc(C=Cc4ccc(N=c5[nH]c(=NCCO)[nH]c(=Nc6cccc(S(=O)(=O)[O-])c6)[nH]5)cc4S(=O)(=O)[O-])c(S(=O)(=O)[O-])c3)[nH]2)c1.[Na+].[Na+].[Na+].[Na+].[Na+].[Na+].[Na+].[Na+].[Na+].[Na+].[Na+].[Na+].[Na+].[Na+].[Na+].[Na+]. The van der Waals surface area contributed by atoms with Crippen LogP contribution in [0.5, 0.6) is 0 Å². The van der Waals surface area contributed by atoms with Gasteiger partial charge in [-0.05, 0) is 71.8 Å². The Morgan fingerprint density at radius 1 is 0.354 bits per heavy atom. The molecule has 46 heteroatoms. The molecule has 0 bridgehead atoms. The van der Waals surface area contributed by atoms with Gasteiger partial charge in [-0.2, -0.15) is 0 Å². The zero-order chi connectivity index (χ0) is 47.9. The van der Waals surface area contributed by atoms with Crippen molar-refractivity contribution in [3.8, 4) is 0 Å². The van der Waals surface area contributed by atoms with E-state index in [1.165, 1.54) is 36.4 Å². The van der Waals surface area contributed by atoms with E-state index in [1.807, 2.05) is 0 Å². The molecule has 0 aliphatic carbocycles. The molecule has 0 unspecified atom stereocenters. The number of aromatic nitrogens is 6. The van der Waals surface area contributed by atoms with Crippen molar-refractivity contribution in [2.75, 3.05) is 26.3 Å². The Morgan fingerprint density at radius 2 is 0.610 bits per heavy atom. The number of hydrogen-bond donors (Lipinski definition) is 8. The fraction of sp³-hybridized carbons (Fsp3) is 0.111. The maximum Gasteiger partial charge on any atom is 1.00 e. The van der Waals surface area contributed by atoms with Crippen molar-refractivity contribution < 1.29 is 535 Å². The van der Waals surface area contributed by atoms with E-state index in [2.05, 4.69) is 59.9 Å². The zero-order valence-electron chi connectivity index (χ0n) is 49.2. The molecule has 6 rings (SSSR count). The van der Waals surface area contributed by atoms with E-state index in [-0.39, 0.29) is 567 Å². The van der Waals surface area contributed by atoms with Crippen molar-refractivity contribution in [3.05, 3.63) is 130 Å². The molecule has 4 aromatic carbocycles. The summed E-state index contributed by atoms with van der Waals surface area (Å²) in [5.74, 6) is 0. The van der Waals surface area contributed by atoms with Crippen LogP contribution in [-0.2, 0) is 40.5 Å². The largest absolute Gasteiger partial charge is 1.00 e. The molecule has 0 amide bonds. The van der Waals surface area contributed by atoms with Gasteiger partial charge in [-0.25, -0.2) is 53.6 Å². The first-order valence-electron chi connectivity index (χ1n) is 18.3. The van der Waals surface area contributed by atoms with Gasteiger partial charge in [-0.15, -0.1) is 0 Å². The summed E-state index contributed by atoms with van der Waals surface area (Å²) >= 11 is 0. The van der Waals surface area contributed by atoms with Gasteiger partial charge in [0.25, 0.3) is 0 Å². The fourth-order valence-electron chi connectivity index (χ4n) is 5.57. The van der Waals surface area contributed by atoms with Gasteiger partial charge in [0.2, 0.25) is 33.7 Å². The number of H-pyrrole nitrogens is 6. The first-order valence-corrected chi connectivity index (χ1v) is 24.0. The predicted molar refractivity (Wildman–Crippen MR) is 221 cm³/mol. The Balaban J connectivity index is -0.000000350. The summed E-state index contributed by atoms with van der Waals surface area (Å²) < 4.78 is 144. The molecular weight excluding hydrogens is 1320 g/mol. The van der Waals surface area contributed by atoms with Gasteiger partial charge < -0.3 is 28.4 Å². The second-order valence-corrected chi connectivity index (χ2v) is 18.5. The van der Waals surface area contributed by atoms with E-state index in [1.54, 1.807) is 0 Å². The van der Waals surface area contributed by atoms with Crippen LogP contribution in [0, 0.1) is 0 Å². The number of benzene rings is 4. The van der Waals surface area contributed by atoms with Crippen molar-refractivity contribution in [3.63, 3.8) is 0 Å². The monoisotopic (exact) mass is 1350 g/mol. The molecule has 2 aromatic heterocycles. The number of aliphatic hydroxyl groups excluding tert-OH is 2. The molecule has 0 saturated heterocycles. The maximum absolute atomic E-state index is 12.5. The van der Waals surface area contributed by atoms with E-state index < -0.39 is 60.1 Å². The van der Waals surface area contributed by atoms with E-state index in [9.17, 15) is 62.1 Å². The van der Waals surface area contributed by atoms with Crippen LogP contribution in [0.25, 0.3) is 12.2 Å². The molecule has 0 aliphatic rings. The molecular formula is C36H32N12Na16O14S4+12.